The minimum atomic E-state index is -0.101. The number of nitrogens with one attached hydrogen (secondary N) is 1. The van der Waals surface area contributed by atoms with Crippen LogP contribution in [0.4, 0.5) is 0 Å². The first-order valence-electron chi connectivity index (χ1n) is 9.19. The highest BCUT2D eigenvalue weighted by Crippen LogP contribution is 2.24. The number of hydrogen-bond acceptors (Lipinski definition) is 3. The van der Waals surface area contributed by atoms with Gasteiger partial charge in [0.2, 0.25) is 5.91 Å². The van der Waals surface area contributed by atoms with Gasteiger partial charge in [0.05, 0.1) is 11.7 Å². The molecule has 0 radical (unpaired) electrons. The number of fused-ring (bicyclic) bond motifs is 1. The standard InChI is InChI=1S/C21H21ClN4O2/c1-25-19-7-6-17(8-18(19)11-24-25)15-2-4-16(5-3-15)21(28)23-10-14-12-26(13-14)20(27)9-22/h2-8,11,14H,9-10,12-13H2,1H3,(H,23,28). The molecule has 0 saturated carbocycles. The molecule has 1 aliphatic heterocycles. The summed E-state index contributed by atoms with van der Waals surface area (Å²) in [4.78, 5) is 25.5. The molecule has 4 rings (SSSR count). The van der Waals surface area contributed by atoms with Gasteiger partial charge in [0.25, 0.3) is 5.91 Å². The zero-order valence-corrected chi connectivity index (χ0v) is 16.3. The lowest BCUT2D eigenvalue weighted by Gasteiger charge is -2.39. The normalized spacial score (nSPS) is 14.1. The molecule has 0 spiro atoms. The quantitative estimate of drug-likeness (QED) is 0.674. The lowest BCUT2D eigenvalue weighted by Crippen LogP contribution is -2.54. The lowest BCUT2D eigenvalue weighted by molar-refractivity contribution is -0.134. The molecule has 1 aliphatic rings. The molecule has 144 valence electrons. The van der Waals surface area contributed by atoms with E-state index in [1.54, 1.807) is 4.90 Å². The third-order valence-electron chi connectivity index (χ3n) is 5.20. The summed E-state index contributed by atoms with van der Waals surface area (Å²) in [5.41, 5.74) is 3.85. The predicted octanol–water partition coefficient (Wildman–Crippen LogP) is 2.67. The summed E-state index contributed by atoms with van der Waals surface area (Å²) in [6.45, 7) is 1.87. The average Bonchev–Trinajstić information content (AvgIpc) is 3.06. The van der Waals surface area contributed by atoms with Crippen molar-refractivity contribution in [3.63, 3.8) is 0 Å². The van der Waals surface area contributed by atoms with Crippen molar-refractivity contribution in [1.29, 1.82) is 0 Å². The second kappa shape index (κ2) is 7.64. The second-order valence-electron chi connectivity index (χ2n) is 7.13. The van der Waals surface area contributed by atoms with Crippen molar-refractivity contribution in [3.8, 4) is 11.1 Å². The molecule has 0 bridgehead atoms. The predicted molar refractivity (Wildman–Crippen MR) is 109 cm³/mol. The van der Waals surface area contributed by atoms with Crippen LogP contribution >= 0.6 is 11.6 Å². The van der Waals surface area contributed by atoms with Gasteiger partial charge in [-0.3, -0.25) is 14.3 Å². The molecule has 1 aromatic heterocycles. The monoisotopic (exact) mass is 396 g/mol. The molecule has 2 amide bonds. The Kier molecular flexibility index (Phi) is 5.05. The number of hydrogen-bond donors (Lipinski definition) is 1. The van der Waals surface area contributed by atoms with Crippen LogP contribution in [0, 0.1) is 5.92 Å². The summed E-state index contributed by atoms with van der Waals surface area (Å²) in [6, 6.07) is 13.8. The van der Waals surface area contributed by atoms with Gasteiger partial charge in [-0.1, -0.05) is 18.2 Å². The van der Waals surface area contributed by atoms with Crippen LogP contribution in [0.15, 0.2) is 48.7 Å². The summed E-state index contributed by atoms with van der Waals surface area (Å²) in [5.74, 6) is 0.154. The highest BCUT2D eigenvalue weighted by molar-refractivity contribution is 6.27. The number of rotatable bonds is 5. The molecule has 1 saturated heterocycles. The molecule has 3 aromatic rings. The summed E-state index contributed by atoms with van der Waals surface area (Å²) in [5, 5.41) is 8.30. The van der Waals surface area contributed by atoms with Crippen molar-refractivity contribution < 1.29 is 9.59 Å². The van der Waals surface area contributed by atoms with Crippen molar-refractivity contribution in [2.24, 2.45) is 13.0 Å². The smallest absolute Gasteiger partial charge is 0.251 e. The topological polar surface area (TPSA) is 67.2 Å². The maximum atomic E-state index is 12.4. The van der Waals surface area contributed by atoms with E-state index in [1.165, 1.54) is 0 Å². The van der Waals surface area contributed by atoms with Crippen molar-refractivity contribution in [3.05, 3.63) is 54.2 Å². The molecule has 0 atom stereocenters. The van der Waals surface area contributed by atoms with Gasteiger partial charge in [0.1, 0.15) is 5.88 Å². The van der Waals surface area contributed by atoms with E-state index in [4.69, 9.17) is 11.6 Å². The number of benzene rings is 2. The fourth-order valence-electron chi connectivity index (χ4n) is 3.48. The van der Waals surface area contributed by atoms with E-state index in [1.807, 2.05) is 42.2 Å². The molecule has 7 heteroatoms. The Morgan fingerprint density at radius 3 is 2.57 bits per heavy atom. The number of alkyl halides is 1. The van der Waals surface area contributed by atoms with Crippen LogP contribution in [0.2, 0.25) is 0 Å². The van der Waals surface area contributed by atoms with Crippen LogP contribution < -0.4 is 5.32 Å². The highest BCUT2D eigenvalue weighted by Gasteiger charge is 2.30. The Labute approximate surface area is 168 Å². The first kappa shape index (κ1) is 18.5. The van der Waals surface area contributed by atoms with E-state index in [0.29, 0.717) is 31.1 Å². The molecule has 0 aliphatic carbocycles. The summed E-state index contributed by atoms with van der Waals surface area (Å²) < 4.78 is 1.85. The van der Waals surface area contributed by atoms with E-state index in [-0.39, 0.29) is 17.7 Å². The van der Waals surface area contributed by atoms with Gasteiger partial charge in [0, 0.05) is 43.5 Å². The van der Waals surface area contributed by atoms with Crippen LogP contribution in [-0.4, -0.2) is 52.0 Å². The maximum Gasteiger partial charge on any atom is 0.251 e. The number of aromatic nitrogens is 2. The van der Waals surface area contributed by atoms with Gasteiger partial charge >= 0.3 is 0 Å². The number of carbonyl (C=O) groups excluding carboxylic acids is 2. The fourth-order valence-corrected chi connectivity index (χ4v) is 3.65. The molecule has 28 heavy (non-hydrogen) atoms. The van der Waals surface area contributed by atoms with E-state index < -0.39 is 0 Å². The summed E-state index contributed by atoms with van der Waals surface area (Å²) >= 11 is 5.54. The van der Waals surface area contributed by atoms with Crippen LogP contribution in [0.1, 0.15) is 10.4 Å². The largest absolute Gasteiger partial charge is 0.352 e. The average molecular weight is 397 g/mol. The molecular formula is C21H21ClN4O2. The third-order valence-corrected chi connectivity index (χ3v) is 5.43. The molecular weight excluding hydrogens is 376 g/mol. The summed E-state index contributed by atoms with van der Waals surface area (Å²) in [7, 11) is 1.92. The first-order valence-corrected chi connectivity index (χ1v) is 9.73. The molecule has 6 nitrogen and oxygen atoms in total. The molecule has 2 heterocycles. The van der Waals surface area contributed by atoms with Gasteiger partial charge in [-0.2, -0.15) is 5.10 Å². The zero-order valence-electron chi connectivity index (χ0n) is 15.6. The number of nitrogens with zero attached hydrogens (tertiary/aromatic N) is 3. The van der Waals surface area contributed by atoms with Crippen molar-refractivity contribution in [2.45, 2.75) is 0 Å². The van der Waals surface area contributed by atoms with Gasteiger partial charge in [-0.25, -0.2) is 0 Å². The number of likely N-dealkylation sites (tertiary alicyclic amines) is 1. The van der Waals surface area contributed by atoms with Crippen molar-refractivity contribution in [1.82, 2.24) is 20.0 Å². The third kappa shape index (κ3) is 3.60. The van der Waals surface area contributed by atoms with Gasteiger partial charge in [-0.15, -0.1) is 11.6 Å². The molecule has 2 aromatic carbocycles. The van der Waals surface area contributed by atoms with E-state index in [0.717, 1.165) is 22.0 Å². The van der Waals surface area contributed by atoms with Crippen LogP contribution in [0.25, 0.3) is 22.0 Å². The van der Waals surface area contributed by atoms with Crippen molar-refractivity contribution >= 4 is 34.3 Å². The minimum Gasteiger partial charge on any atom is -0.352 e. The Balaban J connectivity index is 1.36. The Morgan fingerprint density at radius 2 is 1.86 bits per heavy atom. The molecule has 1 fully saturated rings. The van der Waals surface area contributed by atoms with Gasteiger partial charge < -0.3 is 10.2 Å². The van der Waals surface area contributed by atoms with Crippen molar-refractivity contribution in [2.75, 3.05) is 25.5 Å². The SMILES string of the molecule is Cn1ncc2cc(-c3ccc(C(=O)NCC4CN(C(=O)CCl)C4)cc3)ccc21. The zero-order chi connectivity index (χ0) is 19.7. The minimum absolute atomic E-state index is 0.0130. The Hall–Kier alpha value is -2.86. The highest BCUT2D eigenvalue weighted by atomic mass is 35.5. The maximum absolute atomic E-state index is 12.4. The molecule has 1 N–H and O–H groups in total. The van der Waals surface area contributed by atoms with E-state index >= 15 is 0 Å². The Bertz CT molecular complexity index is 1020. The second-order valence-corrected chi connectivity index (χ2v) is 7.39. The van der Waals surface area contributed by atoms with E-state index in [2.05, 4.69) is 28.6 Å². The fraction of sp³-hybridized carbons (Fsp3) is 0.286. The summed E-state index contributed by atoms with van der Waals surface area (Å²) in [6.07, 6.45) is 1.85. The van der Waals surface area contributed by atoms with E-state index in [9.17, 15) is 9.59 Å². The number of amides is 2. The number of carbonyl (C=O) groups is 2. The number of aryl methyl sites for hydroxylation is 1. The molecule has 0 unspecified atom stereocenters. The van der Waals surface area contributed by atoms with Gasteiger partial charge in [-0.05, 0) is 35.4 Å². The lowest BCUT2D eigenvalue weighted by atomic mass is 9.99. The Morgan fingerprint density at radius 1 is 1.14 bits per heavy atom. The van der Waals surface area contributed by atoms with Crippen LogP contribution in [-0.2, 0) is 11.8 Å². The van der Waals surface area contributed by atoms with Gasteiger partial charge in [0.15, 0.2) is 0 Å². The van der Waals surface area contributed by atoms with Crippen LogP contribution in [0.5, 0.6) is 0 Å². The number of halogens is 1. The first-order chi connectivity index (χ1) is 13.5. The van der Waals surface area contributed by atoms with Crippen LogP contribution in [0.3, 0.4) is 0 Å².